The minimum atomic E-state index is -2.94. The number of hydrogen-bond donors (Lipinski definition) is 13. The summed E-state index contributed by atoms with van der Waals surface area (Å²) < 4.78 is 26.6. The molecule has 0 aliphatic carbocycles. The monoisotopic (exact) mass is 591 g/mol. The maximum absolute atomic E-state index is 12.4. The summed E-state index contributed by atoms with van der Waals surface area (Å²) in [6.07, 6.45) is -27.0. The third-order valence-electron chi connectivity index (χ3n) is 7.15. The molecule has 0 saturated carbocycles. The minimum absolute atomic E-state index is 0.849. The Morgan fingerprint density at radius 2 is 1.52 bits per heavy atom. The molecule has 3 aliphatic heterocycles. The zero-order valence-corrected chi connectivity index (χ0v) is 20.9. The van der Waals surface area contributed by atoms with E-state index in [1.165, 1.54) is 0 Å². The van der Waals surface area contributed by atoms with Gasteiger partial charge in [-0.2, -0.15) is 0 Å². The molecular weight excluding hydrogens is 554 g/mol. The number of hydrogen-bond acceptors (Lipinski definition) is 18. The Kier molecular flexibility index (Phi) is 11.2. The number of aliphatic carboxylic acids is 1. The molecule has 0 aromatic rings. The van der Waals surface area contributed by atoms with Crippen molar-refractivity contribution in [1.29, 1.82) is 0 Å². The molecule has 6 unspecified atom stereocenters. The highest BCUT2D eigenvalue weighted by molar-refractivity contribution is 5.76. The molecule has 19 nitrogen and oxygen atoms in total. The van der Waals surface area contributed by atoms with Crippen molar-refractivity contribution >= 4 is 5.97 Å². The van der Waals surface area contributed by atoms with E-state index < -0.39 is 130 Å². The smallest absolute Gasteiger partial charge is 0.364 e. The van der Waals surface area contributed by atoms with Crippen molar-refractivity contribution in [3.8, 4) is 0 Å². The summed E-state index contributed by atoms with van der Waals surface area (Å²) in [5, 5.41) is 121. The standard InChI is InChI=1S/C21H37NO18/c22-9-5(26)1-21(20(34)35,39-16(9)10(28)6(27)2-23)40-17-11(29)7(3-24)37-19(14(17)32)38-15-8(4-25)36-18(33)13(31)12(15)30/h5-19,23-33H,1-4,22H2,(H,34,35)/t5-,6-,7?,8?,9-,10-,11+,12?,13+,14+,15-,16?,17?,18?,19+,21+/m1/s1. The van der Waals surface area contributed by atoms with Gasteiger partial charge < -0.3 is 90.7 Å². The van der Waals surface area contributed by atoms with Crippen LogP contribution < -0.4 is 5.73 Å². The second-order valence-electron chi connectivity index (χ2n) is 9.85. The van der Waals surface area contributed by atoms with Crippen molar-refractivity contribution in [1.82, 2.24) is 0 Å². The summed E-state index contributed by atoms with van der Waals surface area (Å²) in [7, 11) is 0. The molecule has 3 aliphatic rings. The highest BCUT2D eigenvalue weighted by Crippen LogP contribution is 2.37. The number of carbonyl (C=O) groups is 1. The van der Waals surface area contributed by atoms with E-state index in [-0.39, 0.29) is 0 Å². The number of nitrogens with two attached hydrogens (primary N) is 1. The zero-order valence-electron chi connectivity index (χ0n) is 20.9. The van der Waals surface area contributed by atoms with Gasteiger partial charge in [0.2, 0.25) is 0 Å². The number of carboxylic acid groups (broad SMARTS) is 1. The van der Waals surface area contributed by atoms with Gasteiger partial charge in [-0.15, -0.1) is 0 Å². The van der Waals surface area contributed by atoms with Gasteiger partial charge >= 0.3 is 5.97 Å². The van der Waals surface area contributed by atoms with Crippen molar-refractivity contribution in [2.75, 3.05) is 19.8 Å². The fraction of sp³-hybridized carbons (Fsp3) is 0.952. The molecule has 0 spiro atoms. The van der Waals surface area contributed by atoms with Crippen molar-refractivity contribution in [3.63, 3.8) is 0 Å². The largest absolute Gasteiger partial charge is 0.477 e. The lowest BCUT2D eigenvalue weighted by Gasteiger charge is -2.50. The van der Waals surface area contributed by atoms with E-state index in [2.05, 4.69) is 0 Å². The maximum Gasteiger partial charge on any atom is 0.364 e. The Balaban J connectivity index is 1.90. The summed E-state index contributed by atoms with van der Waals surface area (Å²) >= 11 is 0. The Labute approximate surface area is 226 Å². The highest BCUT2D eigenvalue weighted by atomic mass is 16.8. The lowest BCUT2D eigenvalue weighted by Crippen LogP contribution is -2.70. The number of aliphatic hydroxyl groups excluding tert-OH is 11. The first-order chi connectivity index (χ1) is 18.7. The number of aliphatic hydroxyl groups is 11. The van der Waals surface area contributed by atoms with Crippen LogP contribution in [0.3, 0.4) is 0 Å². The van der Waals surface area contributed by atoms with Crippen molar-refractivity contribution in [3.05, 3.63) is 0 Å². The number of rotatable bonds is 10. The summed E-state index contributed by atoms with van der Waals surface area (Å²) in [4.78, 5) is 12.4. The van der Waals surface area contributed by atoms with Crippen LogP contribution >= 0.6 is 0 Å². The molecule has 14 N–H and O–H groups in total. The van der Waals surface area contributed by atoms with E-state index in [9.17, 15) is 61.0 Å². The van der Waals surface area contributed by atoms with E-state index >= 15 is 0 Å². The van der Waals surface area contributed by atoms with Crippen molar-refractivity contribution in [2.45, 2.75) is 104 Å². The quantitative estimate of drug-likeness (QED) is 0.112. The summed E-state index contributed by atoms with van der Waals surface area (Å²) in [6, 6.07) is -1.48. The predicted molar refractivity (Wildman–Crippen MR) is 120 cm³/mol. The van der Waals surface area contributed by atoms with Crippen LogP contribution in [0.1, 0.15) is 6.42 Å². The van der Waals surface area contributed by atoms with Crippen LogP contribution in [0.5, 0.6) is 0 Å². The van der Waals surface area contributed by atoms with Crippen molar-refractivity contribution < 1.29 is 89.8 Å². The van der Waals surface area contributed by atoms with Gasteiger partial charge in [-0.1, -0.05) is 0 Å². The van der Waals surface area contributed by atoms with E-state index in [1.54, 1.807) is 0 Å². The molecular formula is C21H37NO18. The van der Waals surface area contributed by atoms with Crippen LogP contribution in [0.15, 0.2) is 0 Å². The molecule has 3 fully saturated rings. The van der Waals surface area contributed by atoms with Crippen LogP contribution in [-0.2, 0) is 28.5 Å². The van der Waals surface area contributed by atoms with Gasteiger partial charge in [0.15, 0.2) is 12.6 Å². The third kappa shape index (κ3) is 6.40. The first-order valence-electron chi connectivity index (χ1n) is 12.3. The average Bonchev–Trinajstić information content (AvgIpc) is 2.93. The van der Waals surface area contributed by atoms with Gasteiger partial charge in [0.1, 0.15) is 67.1 Å². The second-order valence-corrected chi connectivity index (χ2v) is 9.85. The molecule has 16 atom stereocenters. The molecule has 0 aromatic carbocycles. The van der Waals surface area contributed by atoms with E-state index in [1.807, 2.05) is 0 Å². The van der Waals surface area contributed by atoms with Crippen molar-refractivity contribution in [2.24, 2.45) is 5.73 Å². The first kappa shape index (κ1) is 33.3. The Hall–Kier alpha value is -1.21. The first-order valence-corrected chi connectivity index (χ1v) is 12.3. The molecule has 0 aromatic heterocycles. The minimum Gasteiger partial charge on any atom is -0.477 e. The fourth-order valence-electron chi connectivity index (χ4n) is 4.78. The van der Waals surface area contributed by atoms with Crippen LogP contribution in [0.2, 0.25) is 0 Å². The second kappa shape index (κ2) is 13.4. The highest BCUT2D eigenvalue weighted by Gasteiger charge is 2.59. The fourth-order valence-corrected chi connectivity index (χ4v) is 4.78. The van der Waals surface area contributed by atoms with Crippen LogP contribution in [-0.4, -0.2) is 185 Å². The Bertz CT molecular complexity index is 837. The lowest BCUT2D eigenvalue weighted by atomic mass is 9.88. The molecule has 40 heavy (non-hydrogen) atoms. The van der Waals surface area contributed by atoms with Gasteiger partial charge in [0, 0.05) is 6.42 Å². The third-order valence-corrected chi connectivity index (χ3v) is 7.15. The Morgan fingerprint density at radius 1 is 0.900 bits per heavy atom. The SMILES string of the molecule is N[C@H]1C([C@H](O)[C@H](O)CO)O[C@@](OC2[C@@H](O)C(CO)O[C@@H](O[C@@H]3C(CO)OC(O)[C@@H](O)C3O)[C@H]2O)(C(=O)O)C[C@H]1O. The molecule has 3 heterocycles. The van der Waals surface area contributed by atoms with Gasteiger partial charge in [-0.25, -0.2) is 4.79 Å². The number of carboxylic acids is 1. The van der Waals surface area contributed by atoms with E-state index in [4.69, 9.17) is 34.5 Å². The van der Waals surface area contributed by atoms with Crippen LogP contribution in [0.25, 0.3) is 0 Å². The molecule has 0 bridgehead atoms. The normalized spacial score (nSPS) is 48.0. The number of ether oxygens (including phenoxy) is 5. The molecule has 3 rings (SSSR count). The zero-order chi connectivity index (χ0) is 30.1. The molecule has 0 amide bonds. The Morgan fingerprint density at radius 3 is 2.08 bits per heavy atom. The average molecular weight is 592 g/mol. The van der Waals surface area contributed by atoms with Gasteiger partial charge in [-0.05, 0) is 0 Å². The van der Waals surface area contributed by atoms with Gasteiger partial charge in [0.05, 0.1) is 32.0 Å². The van der Waals surface area contributed by atoms with E-state index in [0.29, 0.717) is 0 Å². The summed E-state index contributed by atoms with van der Waals surface area (Å²) in [5.41, 5.74) is 5.81. The van der Waals surface area contributed by atoms with Gasteiger partial charge in [-0.3, -0.25) is 0 Å². The van der Waals surface area contributed by atoms with Gasteiger partial charge in [0.25, 0.3) is 5.79 Å². The topological polar surface area (TPSA) is 332 Å². The maximum atomic E-state index is 12.4. The van der Waals surface area contributed by atoms with Crippen LogP contribution in [0.4, 0.5) is 0 Å². The molecule has 0 radical (unpaired) electrons. The predicted octanol–water partition coefficient (Wildman–Crippen LogP) is -8.40. The molecule has 3 saturated heterocycles. The molecule has 19 heteroatoms. The lowest BCUT2D eigenvalue weighted by molar-refractivity contribution is -0.384. The summed E-state index contributed by atoms with van der Waals surface area (Å²) in [6.45, 7) is -2.78. The van der Waals surface area contributed by atoms with Crippen LogP contribution in [0, 0.1) is 0 Å². The van der Waals surface area contributed by atoms with E-state index in [0.717, 1.165) is 0 Å². The molecule has 234 valence electrons. The summed E-state index contributed by atoms with van der Waals surface area (Å²) in [5.74, 6) is -4.86.